The highest BCUT2D eigenvalue weighted by Gasteiger charge is 2.26. The number of pyridine rings is 1. The van der Waals surface area contributed by atoms with E-state index in [4.69, 9.17) is 0 Å². The SMILES string of the molecule is O=C(Nc1cc(Br)c[nH]c1=O)c1cccc(S(=O)(=O)N2CCCCC2)c1. The van der Waals surface area contributed by atoms with Crippen LogP contribution < -0.4 is 10.9 Å². The Morgan fingerprint density at radius 1 is 1.15 bits per heavy atom. The van der Waals surface area contributed by atoms with E-state index >= 15 is 0 Å². The molecule has 1 saturated heterocycles. The predicted molar refractivity (Wildman–Crippen MR) is 102 cm³/mol. The molecule has 2 aromatic rings. The molecule has 138 valence electrons. The summed E-state index contributed by atoms with van der Waals surface area (Å²) in [6, 6.07) is 7.33. The van der Waals surface area contributed by atoms with Crippen LogP contribution in [0.2, 0.25) is 0 Å². The summed E-state index contributed by atoms with van der Waals surface area (Å²) in [6.45, 7) is 0.984. The minimum atomic E-state index is -3.63. The summed E-state index contributed by atoms with van der Waals surface area (Å²) in [7, 11) is -3.63. The van der Waals surface area contributed by atoms with Crippen molar-refractivity contribution < 1.29 is 13.2 Å². The van der Waals surface area contributed by atoms with Gasteiger partial charge in [-0.25, -0.2) is 8.42 Å². The highest BCUT2D eigenvalue weighted by molar-refractivity contribution is 9.10. The average molecular weight is 440 g/mol. The first kappa shape index (κ1) is 18.8. The van der Waals surface area contributed by atoms with E-state index in [-0.39, 0.29) is 16.1 Å². The Morgan fingerprint density at radius 3 is 2.62 bits per heavy atom. The van der Waals surface area contributed by atoms with Crippen molar-refractivity contribution in [3.63, 3.8) is 0 Å². The van der Waals surface area contributed by atoms with Crippen molar-refractivity contribution >= 4 is 37.5 Å². The second-order valence-electron chi connectivity index (χ2n) is 6.01. The second-order valence-corrected chi connectivity index (χ2v) is 8.86. The van der Waals surface area contributed by atoms with Crippen LogP contribution in [0.4, 0.5) is 5.69 Å². The maximum atomic E-state index is 12.8. The fraction of sp³-hybridized carbons (Fsp3) is 0.294. The number of aromatic amines is 1. The third kappa shape index (κ3) is 4.05. The van der Waals surface area contributed by atoms with Crippen molar-refractivity contribution in [2.45, 2.75) is 24.2 Å². The van der Waals surface area contributed by atoms with Gasteiger partial charge in [-0.3, -0.25) is 9.59 Å². The number of hydrogen-bond acceptors (Lipinski definition) is 4. The molecule has 0 bridgehead atoms. The van der Waals surface area contributed by atoms with Crippen LogP contribution >= 0.6 is 15.9 Å². The number of halogens is 1. The molecule has 3 rings (SSSR count). The van der Waals surface area contributed by atoms with Crippen molar-refractivity contribution in [3.8, 4) is 0 Å². The molecule has 26 heavy (non-hydrogen) atoms. The van der Waals surface area contributed by atoms with Gasteiger partial charge in [-0.05, 0) is 53.0 Å². The van der Waals surface area contributed by atoms with Gasteiger partial charge in [-0.2, -0.15) is 4.31 Å². The molecule has 0 atom stereocenters. The molecule has 9 heteroatoms. The molecule has 2 N–H and O–H groups in total. The Balaban J connectivity index is 1.85. The van der Waals surface area contributed by atoms with E-state index in [1.807, 2.05) is 0 Å². The molecule has 0 radical (unpaired) electrons. The van der Waals surface area contributed by atoms with E-state index in [0.717, 1.165) is 19.3 Å². The smallest absolute Gasteiger partial charge is 0.271 e. The molecule has 0 unspecified atom stereocenters. The minimum Gasteiger partial charge on any atom is -0.326 e. The zero-order chi connectivity index (χ0) is 18.7. The van der Waals surface area contributed by atoms with Crippen LogP contribution in [0.5, 0.6) is 0 Å². The molecule has 0 aliphatic carbocycles. The van der Waals surface area contributed by atoms with Crippen molar-refractivity contribution in [2.24, 2.45) is 0 Å². The molecule has 7 nitrogen and oxygen atoms in total. The third-order valence-corrected chi connectivity index (χ3v) is 6.52. The van der Waals surface area contributed by atoms with E-state index in [0.29, 0.717) is 17.6 Å². The van der Waals surface area contributed by atoms with Crippen LogP contribution in [0, 0.1) is 0 Å². The van der Waals surface area contributed by atoms with Crippen LogP contribution in [-0.2, 0) is 10.0 Å². The second kappa shape index (κ2) is 7.73. The number of benzene rings is 1. The van der Waals surface area contributed by atoms with Crippen molar-refractivity contribution in [2.75, 3.05) is 18.4 Å². The standard InChI is InChI=1S/C17H18BrN3O4S/c18-13-10-15(17(23)19-11-13)20-16(22)12-5-4-6-14(9-12)26(24,25)21-7-2-1-3-8-21/h4-6,9-11H,1-3,7-8H2,(H,19,23)(H,20,22). The number of nitrogens with zero attached hydrogens (tertiary/aromatic N) is 1. The largest absolute Gasteiger partial charge is 0.326 e. The summed E-state index contributed by atoms with van der Waals surface area (Å²) < 4.78 is 27.6. The Hall–Kier alpha value is -1.97. The van der Waals surface area contributed by atoms with Gasteiger partial charge in [-0.15, -0.1) is 0 Å². The predicted octanol–water partition coefficient (Wildman–Crippen LogP) is 2.56. The number of hydrogen-bond donors (Lipinski definition) is 2. The topological polar surface area (TPSA) is 99.3 Å². The molecule has 1 aliphatic rings. The highest BCUT2D eigenvalue weighted by atomic mass is 79.9. The molecule has 0 spiro atoms. The number of carbonyl (C=O) groups is 1. The van der Waals surface area contributed by atoms with Gasteiger partial charge in [0, 0.05) is 29.3 Å². The quantitative estimate of drug-likeness (QED) is 0.764. The number of carbonyl (C=O) groups excluding carboxylic acids is 1. The summed E-state index contributed by atoms with van der Waals surface area (Å²) in [5, 5.41) is 2.50. The molecule has 1 aliphatic heterocycles. The average Bonchev–Trinajstić information content (AvgIpc) is 2.65. The van der Waals surface area contributed by atoms with Crippen molar-refractivity contribution in [3.05, 3.63) is 56.9 Å². The van der Waals surface area contributed by atoms with Crippen LogP contribution in [0.3, 0.4) is 0 Å². The lowest BCUT2D eigenvalue weighted by Crippen LogP contribution is -2.35. The maximum absolute atomic E-state index is 12.8. The molecule has 1 amide bonds. The lowest BCUT2D eigenvalue weighted by atomic mass is 10.2. The van der Waals surface area contributed by atoms with E-state index in [9.17, 15) is 18.0 Å². The van der Waals surface area contributed by atoms with Gasteiger partial charge >= 0.3 is 0 Å². The van der Waals surface area contributed by atoms with Gasteiger partial charge in [-0.1, -0.05) is 12.5 Å². The van der Waals surface area contributed by atoms with Gasteiger partial charge in [0.05, 0.1) is 4.90 Å². The van der Waals surface area contributed by atoms with Crippen LogP contribution in [0.15, 0.2) is 50.7 Å². The number of H-pyrrole nitrogens is 1. The monoisotopic (exact) mass is 439 g/mol. The summed E-state index contributed by atoms with van der Waals surface area (Å²) in [4.78, 5) is 26.8. The summed E-state index contributed by atoms with van der Waals surface area (Å²) >= 11 is 3.22. The highest BCUT2D eigenvalue weighted by Crippen LogP contribution is 2.21. The molecule has 2 heterocycles. The number of rotatable bonds is 4. The molecular weight excluding hydrogens is 422 g/mol. The maximum Gasteiger partial charge on any atom is 0.271 e. The van der Waals surface area contributed by atoms with E-state index < -0.39 is 21.5 Å². The fourth-order valence-corrected chi connectivity index (χ4v) is 4.70. The number of sulfonamides is 1. The molecular formula is C17H18BrN3O4S. The third-order valence-electron chi connectivity index (χ3n) is 4.17. The molecule has 1 fully saturated rings. The summed E-state index contributed by atoms with van der Waals surface area (Å²) in [5.74, 6) is -0.552. The molecule has 0 saturated carbocycles. The number of nitrogens with one attached hydrogen (secondary N) is 2. The van der Waals surface area contributed by atoms with Gasteiger partial charge in [0.1, 0.15) is 5.69 Å². The Morgan fingerprint density at radius 2 is 1.88 bits per heavy atom. The first-order valence-electron chi connectivity index (χ1n) is 8.18. The van der Waals surface area contributed by atoms with E-state index in [2.05, 4.69) is 26.2 Å². The number of amides is 1. The summed E-state index contributed by atoms with van der Waals surface area (Å²) in [5.41, 5.74) is -0.199. The van der Waals surface area contributed by atoms with Crippen LogP contribution in [0.1, 0.15) is 29.6 Å². The van der Waals surface area contributed by atoms with E-state index in [1.165, 1.54) is 40.8 Å². The lowest BCUT2D eigenvalue weighted by molar-refractivity contribution is 0.102. The first-order chi connectivity index (χ1) is 12.4. The number of aromatic nitrogens is 1. The fourth-order valence-electron chi connectivity index (χ4n) is 2.80. The van der Waals surface area contributed by atoms with Crippen molar-refractivity contribution in [1.82, 2.24) is 9.29 Å². The Kier molecular flexibility index (Phi) is 5.59. The van der Waals surface area contributed by atoms with Gasteiger partial charge in [0.2, 0.25) is 10.0 Å². The molecule has 1 aromatic carbocycles. The Bertz CT molecular complexity index is 981. The Labute approximate surface area is 159 Å². The lowest BCUT2D eigenvalue weighted by Gasteiger charge is -2.26. The number of piperidine rings is 1. The van der Waals surface area contributed by atoms with Gasteiger partial charge < -0.3 is 10.3 Å². The van der Waals surface area contributed by atoms with Crippen LogP contribution in [-0.4, -0.2) is 36.7 Å². The van der Waals surface area contributed by atoms with E-state index in [1.54, 1.807) is 0 Å². The van der Waals surface area contributed by atoms with Gasteiger partial charge in [0.25, 0.3) is 11.5 Å². The first-order valence-corrected chi connectivity index (χ1v) is 10.4. The normalized spacial score (nSPS) is 15.6. The van der Waals surface area contributed by atoms with Crippen LogP contribution in [0.25, 0.3) is 0 Å². The minimum absolute atomic E-state index is 0.0775. The van der Waals surface area contributed by atoms with Crippen molar-refractivity contribution in [1.29, 1.82) is 0 Å². The summed E-state index contributed by atoms with van der Waals surface area (Å²) in [6.07, 6.45) is 4.16. The molecule has 1 aromatic heterocycles. The zero-order valence-electron chi connectivity index (χ0n) is 13.9. The number of anilines is 1. The zero-order valence-corrected chi connectivity index (χ0v) is 16.3. The van der Waals surface area contributed by atoms with Gasteiger partial charge in [0.15, 0.2) is 0 Å².